The van der Waals surface area contributed by atoms with Crippen LogP contribution >= 0.6 is 11.8 Å². The van der Waals surface area contributed by atoms with Crippen LogP contribution in [0.15, 0.2) is 12.7 Å². The number of amides is 2. The molecule has 0 aliphatic carbocycles. The van der Waals surface area contributed by atoms with Gasteiger partial charge in [0.05, 0.1) is 35.8 Å². The van der Waals surface area contributed by atoms with Crippen molar-refractivity contribution in [3.05, 3.63) is 12.7 Å². The summed E-state index contributed by atoms with van der Waals surface area (Å²) in [6, 6.07) is -1.21. The first-order valence-electron chi connectivity index (χ1n) is 11.9. The van der Waals surface area contributed by atoms with Crippen LogP contribution in [0, 0.1) is 11.8 Å². The average molecular weight is 467 g/mol. The van der Waals surface area contributed by atoms with E-state index in [0.29, 0.717) is 19.5 Å². The second-order valence-corrected chi connectivity index (χ2v) is 11.4. The van der Waals surface area contributed by atoms with Crippen LogP contribution in [0.5, 0.6) is 0 Å². The smallest absolute Gasteiger partial charge is 0.311 e. The topological polar surface area (TPSA) is 87.2 Å². The highest BCUT2D eigenvalue weighted by Crippen LogP contribution is 2.71. The monoisotopic (exact) mass is 466 g/mol. The first kappa shape index (κ1) is 25.1. The highest BCUT2D eigenvalue weighted by atomic mass is 32.2. The maximum atomic E-state index is 14.0. The summed E-state index contributed by atoms with van der Waals surface area (Å²) in [5, 5.41) is 9.93. The first-order valence-corrected chi connectivity index (χ1v) is 12.7. The van der Waals surface area contributed by atoms with Crippen molar-refractivity contribution in [2.75, 3.05) is 26.3 Å². The molecule has 6 atom stereocenters. The minimum atomic E-state index is -0.699. The van der Waals surface area contributed by atoms with Gasteiger partial charge in [-0.05, 0) is 40.0 Å². The lowest BCUT2D eigenvalue weighted by Crippen LogP contribution is -2.57. The van der Waals surface area contributed by atoms with Crippen molar-refractivity contribution < 1.29 is 24.2 Å². The van der Waals surface area contributed by atoms with Crippen molar-refractivity contribution in [2.45, 2.75) is 81.4 Å². The van der Waals surface area contributed by atoms with Gasteiger partial charge < -0.3 is 19.6 Å². The third kappa shape index (κ3) is 3.87. The van der Waals surface area contributed by atoms with Crippen molar-refractivity contribution in [1.29, 1.82) is 0 Å². The summed E-state index contributed by atoms with van der Waals surface area (Å²) in [5.41, 5.74) is 0. The molecule has 3 rings (SSSR count). The van der Waals surface area contributed by atoms with Gasteiger partial charge in [0.2, 0.25) is 11.8 Å². The molecular weight excluding hydrogens is 428 g/mol. The van der Waals surface area contributed by atoms with Gasteiger partial charge in [-0.15, -0.1) is 18.3 Å². The van der Waals surface area contributed by atoms with Crippen LogP contribution in [-0.4, -0.2) is 80.6 Å². The number of aliphatic hydroxyl groups excluding tert-OH is 1. The Morgan fingerprint density at radius 3 is 2.69 bits per heavy atom. The summed E-state index contributed by atoms with van der Waals surface area (Å²) in [6.07, 6.45) is 6.13. The number of nitrogens with zero attached hydrogens (tertiary/aromatic N) is 2. The van der Waals surface area contributed by atoms with Gasteiger partial charge >= 0.3 is 5.97 Å². The van der Waals surface area contributed by atoms with E-state index in [-0.39, 0.29) is 31.0 Å². The Balaban J connectivity index is 2.03. The summed E-state index contributed by atoms with van der Waals surface area (Å²) < 4.78 is 4.29. The van der Waals surface area contributed by atoms with Crippen molar-refractivity contribution in [3.63, 3.8) is 0 Å². The van der Waals surface area contributed by atoms with Gasteiger partial charge in [0.25, 0.3) is 0 Å². The van der Waals surface area contributed by atoms with E-state index in [2.05, 4.69) is 13.5 Å². The number of hydrogen-bond acceptors (Lipinski definition) is 6. The Bertz CT molecular complexity index is 761. The zero-order valence-corrected chi connectivity index (χ0v) is 20.7. The fourth-order valence-electron chi connectivity index (χ4n) is 5.97. The maximum Gasteiger partial charge on any atom is 0.311 e. The quantitative estimate of drug-likeness (QED) is 0.286. The Morgan fingerprint density at radius 2 is 2.09 bits per heavy atom. The molecule has 3 aliphatic rings. The number of thioether (sulfide) groups is 1. The number of carbonyl (C=O) groups excluding carboxylic acids is 3. The van der Waals surface area contributed by atoms with E-state index in [1.165, 1.54) is 0 Å². The highest BCUT2D eigenvalue weighted by molar-refractivity contribution is 8.02. The Labute approximate surface area is 195 Å². The minimum absolute atomic E-state index is 0.0987. The van der Waals surface area contributed by atoms with E-state index in [4.69, 9.17) is 4.74 Å². The Morgan fingerprint density at radius 1 is 1.38 bits per heavy atom. The van der Waals surface area contributed by atoms with Crippen LogP contribution in [0.2, 0.25) is 0 Å². The molecule has 2 amide bonds. The zero-order valence-electron chi connectivity index (χ0n) is 19.8. The van der Waals surface area contributed by atoms with Crippen molar-refractivity contribution >= 4 is 29.5 Å². The summed E-state index contributed by atoms with van der Waals surface area (Å²) >= 11 is 1.63. The van der Waals surface area contributed by atoms with Gasteiger partial charge in [-0.1, -0.05) is 25.8 Å². The molecule has 0 aromatic heterocycles. The Hall–Kier alpha value is -1.54. The van der Waals surface area contributed by atoms with Crippen LogP contribution in [-0.2, 0) is 19.1 Å². The third-order valence-corrected chi connectivity index (χ3v) is 9.41. The number of esters is 1. The number of ether oxygens (including phenoxy) is 1. The molecule has 8 heteroatoms. The highest BCUT2D eigenvalue weighted by Gasteiger charge is 2.78. The van der Waals surface area contributed by atoms with Gasteiger partial charge in [-0.2, -0.15) is 0 Å². The molecule has 7 nitrogen and oxygen atoms in total. The molecule has 0 saturated carbocycles. The first-order chi connectivity index (χ1) is 15.2. The number of rotatable bonds is 11. The zero-order chi connectivity index (χ0) is 23.7. The molecule has 0 radical (unpaired) electrons. The molecule has 1 N–H and O–H groups in total. The minimum Gasteiger partial charge on any atom is -0.466 e. The number of unbranched alkanes of at least 4 members (excludes halogenated alkanes) is 2. The van der Waals surface area contributed by atoms with E-state index in [1.54, 1.807) is 41.5 Å². The second kappa shape index (κ2) is 9.75. The lowest BCUT2D eigenvalue weighted by molar-refractivity contribution is -0.155. The van der Waals surface area contributed by atoms with E-state index >= 15 is 0 Å². The molecule has 1 spiro atoms. The summed E-state index contributed by atoms with van der Waals surface area (Å²) in [6.45, 7) is 12.5. The molecule has 3 saturated heterocycles. The molecule has 3 fully saturated rings. The molecule has 0 aromatic carbocycles. The lowest BCUT2D eigenvalue weighted by atomic mass is 9.66. The molecule has 0 aromatic rings. The predicted octanol–water partition coefficient (Wildman–Crippen LogP) is 2.62. The fraction of sp³-hybridized carbons (Fsp3) is 0.792. The second-order valence-electron chi connectivity index (χ2n) is 9.54. The predicted molar refractivity (Wildman–Crippen MR) is 125 cm³/mol. The van der Waals surface area contributed by atoms with E-state index in [1.807, 2.05) is 6.92 Å². The molecule has 3 heterocycles. The number of likely N-dealkylation sites (tertiary alicyclic amines) is 1. The molecule has 32 heavy (non-hydrogen) atoms. The number of fused-ring (bicyclic) bond motifs is 1. The third-order valence-electron chi connectivity index (χ3n) is 7.42. The van der Waals surface area contributed by atoms with Gasteiger partial charge in [-0.3, -0.25) is 14.4 Å². The maximum absolute atomic E-state index is 14.0. The summed E-state index contributed by atoms with van der Waals surface area (Å²) in [5.74, 6) is -1.83. The molecule has 2 unspecified atom stereocenters. The summed E-state index contributed by atoms with van der Waals surface area (Å²) in [7, 11) is 0. The normalized spacial score (nSPS) is 33.8. The van der Waals surface area contributed by atoms with Crippen LogP contribution in [0.4, 0.5) is 0 Å². The standard InChI is InChI=1S/C24H38N2O5S/c1-6-9-10-14-25(13-7-2)21(29)19-24-12-11-23(5,32-24)18(22(30)31-8-3)17(24)20(28)26(19)16(4)15-27/h7,16-19,27H,2,6,8-15H2,1,3-5H3/t16-,17+,18-,19?,23+,24?/m1/s1. The van der Waals surface area contributed by atoms with E-state index in [0.717, 1.165) is 25.7 Å². The van der Waals surface area contributed by atoms with Crippen LogP contribution < -0.4 is 0 Å². The van der Waals surface area contributed by atoms with Crippen molar-refractivity contribution in [1.82, 2.24) is 9.80 Å². The number of carbonyl (C=O) groups is 3. The molecule has 2 bridgehead atoms. The van der Waals surface area contributed by atoms with E-state index in [9.17, 15) is 19.5 Å². The average Bonchev–Trinajstić information content (AvgIpc) is 3.33. The van der Waals surface area contributed by atoms with E-state index < -0.39 is 33.4 Å². The van der Waals surface area contributed by atoms with Crippen molar-refractivity contribution in [3.8, 4) is 0 Å². The largest absolute Gasteiger partial charge is 0.466 e. The van der Waals surface area contributed by atoms with Crippen molar-refractivity contribution in [2.24, 2.45) is 11.8 Å². The lowest BCUT2D eigenvalue weighted by Gasteiger charge is -2.38. The number of hydrogen-bond donors (Lipinski definition) is 1. The summed E-state index contributed by atoms with van der Waals surface area (Å²) in [4.78, 5) is 44.2. The van der Waals surface area contributed by atoms with Gasteiger partial charge in [0.1, 0.15) is 6.04 Å². The van der Waals surface area contributed by atoms with Crippen LogP contribution in [0.3, 0.4) is 0 Å². The van der Waals surface area contributed by atoms with Gasteiger partial charge in [-0.25, -0.2) is 0 Å². The SMILES string of the molecule is C=CCN(CCCCC)C(=O)C1N([C@H](C)CO)C(=O)[C@@H]2[C@H](C(=O)OCC)[C@]3(C)CCC12S3. The number of aliphatic hydroxyl groups is 1. The van der Waals surface area contributed by atoms with Crippen LogP contribution in [0.1, 0.15) is 59.8 Å². The fourth-order valence-corrected chi connectivity index (χ4v) is 8.29. The van der Waals surface area contributed by atoms with Gasteiger partial charge in [0, 0.05) is 17.8 Å². The van der Waals surface area contributed by atoms with Gasteiger partial charge in [0.15, 0.2) is 0 Å². The molecular formula is C24H38N2O5S. The Kier molecular flexibility index (Phi) is 7.65. The van der Waals surface area contributed by atoms with Crippen LogP contribution in [0.25, 0.3) is 0 Å². The molecule has 3 aliphatic heterocycles. The molecule has 180 valence electrons.